The van der Waals surface area contributed by atoms with Crippen molar-refractivity contribution >= 4 is 11.8 Å². The summed E-state index contributed by atoms with van der Waals surface area (Å²) in [5, 5.41) is 6.42. The Bertz CT molecular complexity index is 695. The van der Waals surface area contributed by atoms with Gasteiger partial charge in [0, 0.05) is 31.3 Å². The number of amides is 2. The molecule has 5 heteroatoms. The number of carbonyl (C=O) groups is 2. The highest BCUT2D eigenvalue weighted by molar-refractivity contribution is 6.02. The van der Waals surface area contributed by atoms with Crippen LogP contribution in [-0.4, -0.2) is 36.3 Å². The Labute approximate surface area is 135 Å². The fraction of sp³-hybridized carbons (Fsp3) is 0.444. The van der Waals surface area contributed by atoms with Crippen molar-refractivity contribution in [3.05, 3.63) is 47.0 Å². The fourth-order valence-electron chi connectivity index (χ4n) is 4.12. The topological polar surface area (TPSA) is 61.4 Å². The van der Waals surface area contributed by atoms with E-state index in [4.69, 9.17) is 0 Å². The van der Waals surface area contributed by atoms with E-state index in [1.54, 1.807) is 0 Å². The number of benzene rings is 1. The molecule has 3 aliphatic rings. The third-order valence-electron chi connectivity index (χ3n) is 5.30. The molecule has 4 rings (SSSR count). The average Bonchev–Trinajstić information content (AvgIpc) is 2.88. The summed E-state index contributed by atoms with van der Waals surface area (Å²) in [4.78, 5) is 26.7. The zero-order chi connectivity index (χ0) is 16.0. The van der Waals surface area contributed by atoms with E-state index in [2.05, 4.69) is 41.8 Å². The maximum atomic E-state index is 13.0. The summed E-state index contributed by atoms with van der Waals surface area (Å²) in [6, 6.07) is 8.41. The summed E-state index contributed by atoms with van der Waals surface area (Å²) in [5.74, 6) is -0.0284. The van der Waals surface area contributed by atoms with Crippen molar-refractivity contribution < 1.29 is 9.59 Å². The van der Waals surface area contributed by atoms with Crippen LogP contribution in [0.2, 0.25) is 0 Å². The quantitative estimate of drug-likeness (QED) is 0.815. The molecule has 2 fully saturated rings. The van der Waals surface area contributed by atoms with Gasteiger partial charge < -0.3 is 10.2 Å². The Morgan fingerprint density at radius 2 is 1.96 bits per heavy atom. The third-order valence-corrected chi connectivity index (χ3v) is 5.30. The van der Waals surface area contributed by atoms with Crippen LogP contribution in [0, 0.1) is 12.8 Å². The summed E-state index contributed by atoms with van der Waals surface area (Å²) < 4.78 is 0. The molecule has 0 aromatic heterocycles. The highest BCUT2D eigenvalue weighted by Crippen LogP contribution is 2.44. The van der Waals surface area contributed by atoms with Crippen LogP contribution in [-0.2, 0) is 15.3 Å². The zero-order valence-corrected chi connectivity index (χ0v) is 13.3. The van der Waals surface area contributed by atoms with Gasteiger partial charge in [-0.15, -0.1) is 0 Å². The van der Waals surface area contributed by atoms with Gasteiger partial charge in [0.1, 0.15) is 5.66 Å². The number of carbonyl (C=O) groups excluding carboxylic acids is 2. The second-order valence-electron chi connectivity index (χ2n) is 6.69. The highest BCUT2D eigenvalue weighted by atomic mass is 16.2. The lowest BCUT2D eigenvalue weighted by Crippen LogP contribution is -2.56. The van der Waals surface area contributed by atoms with Crippen molar-refractivity contribution in [3.8, 4) is 0 Å². The van der Waals surface area contributed by atoms with Crippen LogP contribution in [0.4, 0.5) is 0 Å². The standard InChI is InChI=1S/C18H21N3O2/c1-12-2-4-14(5-3-12)18-11-13-6-7-19-16(22)10-15(13)17(23)21(18)9-8-20-18/h2-5,10,13,20H,6-9,11H2,1H3,(H,19,22). The van der Waals surface area contributed by atoms with Crippen LogP contribution in [0.15, 0.2) is 35.9 Å². The SMILES string of the molecule is Cc1ccc(C23CC4CCNC(=O)C=C4C(=O)N2CCN3)cc1. The smallest absolute Gasteiger partial charge is 0.252 e. The molecule has 3 aliphatic heterocycles. The summed E-state index contributed by atoms with van der Waals surface area (Å²) in [7, 11) is 0. The van der Waals surface area contributed by atoms with Gasteiger partial charge in [-0.3, -0.25) is 14.9 Å². The Kier molecular flexibility index (Phi) is 3.27. The first-order chi connectivity index (χ1) is 11.1. The lowest BCUT2D eigenvalue weighted by atomic mass is 9.78. The number of hydrogen-bond donors (Lipinski definition) is 2. The lowest BCUT2D eigenvalue weighted by Gasteiger charge is -2.46. The Morgan fingerprint density at radius 1 is 1.17 bits per heavy atom. The molecule has 0 saturated carbocycles. The van der Waals surface area contributed by atoms with Crippen LogP contribution in [0.25, 0.3) is 0 Å². The summed E-state index contributed by atoms with van der Waals surface area (Å²) >= 11 is 0. The molecule has 2 N–H and O–H groups in total. The second kappa shape index (κ2) is 5.20. The maximum absolute atomic E-state index is 13.0. The first-order valence-corrected chi connectivity index (χ1v) is 8.24. The van der Waals surface area contributed by atoms with Crippen molar-refractivity contribution in [2.75, 3.05) is 19.6 Å². The lowest BCUT2D eigenvalue weighted by molar-refractivity contribution is -0.137. The minimum atomic E-state index is -0.430. The van der Waals surface area contributed by atoms with Crippen LogP contribution < -0.4 is 10.6 Å². The highest BCUT2D eigenvalue weighted by Gasteiger charge is 2.52. The summed E-state index contributed by atoms with van der Waals surface area (Å²) in [6.07, 6.45) is 3.15. The second-order valence-corrected chi connectivity index (χ2v) is 6.69. The molecule has 23 heavy (non-hydrogen) atoms. The number of nitrogens with zero attached hydrogens (tertiary/aromatic N) is 1. The van der Waals surface area contributed by atoms with E-state index in [-0.39, 0.29) is 17.7 Å². The molecular formula is C18H21N3O2. The minimum Gasteiger partial charge on any atom is -0.353 e. The van der Waals surface area contributed by atoms with E-state index in [0.717, 1.165) is 24.9 Å². The normalized spacial score (nSPS) is 30.2. The Hall–Kier alpha value is -2.14. The first kappa shape index (κ1) is 14.5. The van der Waals surface area contributed by atoms with Crippen molar-refractivity contribution in [1.29, 1.82) is 0 Å². The van der Waals surface area contributed by atoms with Gasteiger partial charge in [0.25, 0.3) is 5.91 Å². The van der Waals surface area contributed by atoms with Gasteiger partial charge in [-0.2, -0.15) is 0 Å². The number of aryl methyl sites for hydroxylation is 1. The van der Waals surface area contributed by atoms with Gasteiger partial charge in [0.2, 0.25) is 5.91 Å². The molecule has 1 aromatic carbocycles. The van der Waals surface area contributed by atoms with Gasteiger partial charge in [-0.1, -0.05) is 29.8 Å². The molecule has 0 bridgehead atoms. The molecule has 0 radical (unpaired) electrons. The molecule has 2 saturated heterocycles. The van der Waals surface area contributed by atoms with Gasteiger partial charge in [0.15, 0.2) is 0 Å². The van der Waals surface area contributed by atoms with Crippen LogP contribution in [0.5, 0.6) is 0 Å². The molecule has 1 aromatic rings. The number of nitrogens with one attached hydrogen (secondary N) is 2. The van der Waals surface area contributed by atoms with E-state index in [1.165, 1.54) is 11.6 Å². The van der Waals surface area contributed by atoms with Crippen LogP contribution in [0.3, 0.4) is 0 Å². The van der Waals surface area contributed by atoms with Gasteiger partial charge >= 0.3 is 0 Å². The molecule has 2 unspecified atom stereocenters. The first-order valence-electron chi connectivity index (χ1n) is 8.24. The van der Waals surface area contributed by atoms with Crippen molar-refractivity contribution in [3.63, 3.8) is 0 Å². The zero-order valence-electron chi connectivity index (χ0n) is 13.3. The van der Waals surface area contributed by atoms with E-state index < -0.39 is 5.66 Å². The molecule has 5 nitrogen and oxygen atoms in total. The van der Waals surface area contributed by atoms with Crippen LogP contribution in [0.1, 0.15) is 24.0 Å². The number of piperidine rings is 1. The Morgan fingerprint density at radius 3 is 2.74 bits per heavy atom. The monoisotopic (exact) mass is 311 g/mol. The number of fused-ring (bicyclic) bond motifs is 2. The van der Waals surface area contributed by atoms with Crippen molar-refractivity contribution in [2.45, 2.75) is 25.4 Å². The molecular weight excluding hydrogens is 290 g/mol. The fourth-order valence-corrected chi connectivity index (χ4v) is 4.12. The number of hydrogen-bond acceptors (Lipinski definition) is 3. The molecule has 0 aliphatic carbocycles. The largest absolute Gasteiger partial charge is 0.353 e. The minimum absolute atomic E-state index is 0.00359. The predicted octanol–water partition coefficient (Wildman–Crippen LogP) is 1.05. The molecule has 2 amide bonds. The van der Waals surface area contributed by atoms with E-state index in [1.807, 2.05) is 4.90 Å². The Balaban J connectivity index is 1.79. The number of rotatable bonds is 1. The van der Waals surface area contributed by atoms with Crippen molar-refractivity contribution in [2.24, 2.45) is 5.92 Å². The van der Waals surface area contributed by atoms with Gasteiger partial charge in [0.05, 0.1) is 0 Å². The molecule has 2 atom stereocenters. The predicted molar refractivity (Wildman–Crippen MR) is 86.4 cm³/mol. The van der Waals surface area contributed by atoms with Crippen molar-refractivity contribution in [1.82, 2.24) is 15.5 Å². The maximum Gasteiger partial charge on any atom is 0.252 e. The van der Waals surface area contributed by atoms with Gasteiger partial charge in [-0.05, 0) is 31.2 Å². The van der Waals surface area contributed by atoms with Gasteiger partial charge in [-0.25, -0.2) is 0 Å². The third kappa shape index (κ3) is 2.18. The van der Waals surface area contributed by atoms with E-state index in [9.17, 15) is 9.59 Å². The van der Waals surface area contributed by atoms with E-state index >= 15 is 0 Å². The average molecular weight is 311 g/mol. The molecule has 3 heterocycles. The van der Waals surface area contributed by atoms with E-state index in [0.29, 0.717) is 18.7 Å². The summed E-state index contributed by atoms with van der Waals surface area (Å²) in [6.45, 7) is 4.15. The summed E-state index contributed by atoms with van der Waals surface area (Å²) in [5.41, 5.74) is 2.59. The molecule has 120 valence electrons. The van der Waals surface area contributed by atoms with Crippen LogP contribution >= 0.6 is 0 Å². The molecule has 0 spiro atoms.